The molecular weight excluding hydrogens is 320 g/mol. The van der Waals surface area contributed by atoms with Crippen molar-refractivity contribution < 1.29 is 22.4 Å². The van der Waals surface area contributed by atoms with E-state index in [2.05, 4.69) is 0 Å². The van der Waals surface area contributed by atoms with Gasteiger partial charge in [-0.05, 0) is 5.56 Å². The van der Waals surface area contributed by atoms with Crippen molar-refractivity contribution in [1.82, 2.24) is 0 Å². The van der Waals surface area contributed by atoms with Gasteiger partial charge in [0.1, 0.15) is 0 Å². The van der Waals surface area contributed by atoms with E-state index in [9.17, 15) is 22.4 Å². The molecule has 0 heterocycles. The minimum absolute atomic E-state index is 0.0620. The molecular formula is C19H10F4O. The number of ketones is 1. The van der Waals surface area contributed by atoms with E-state index in [4.69, 9.17) is 0 Å². The topological polar surface area (TPSA) is 17.1 Å². The van der Waals surface area contributed by atoms with Crippen LogP contribution in [0.15, 0.2) is 60.7 Å². The average Bonchev–Trinajstić information content (AvgIpc) is 2.61. The predicted octanol–water partition coefficient (Wildman–Crippen LogP) is 5.14. The molecule has 0 fully saturated rings. The Bertz CT molecular complexity index is 877. The Morgan fingerprint density at radius 1 is 0.667 bits per heavy atom. The van der Waals surface area contributed by atoms with Crippen molar-refractivity contribution in [2.24, 2.45) is 0 Å². The standard InChI is InChI=1S/C19H10F4O/c20-14-10-15(21)18(23)16(17(14)22)11-6-8-13(9-7-11)19(24)12-4-2-1-3-5-12/h1-10H. The first-order valence-corrected chi connectivity index (χ1v) is 7.02. The molecule has 120 valence electrons. The van der Waals surface area contributed by atoms with E-state index in [1.807, 2.05) is 0 Å². The van der Waals surface area contributed by atoms with Crippen molar-refractivity contribution in [3.8, 4) is 11.1 Å². The van der Waals surface area contributed by atoms with Crippen LogP contribution in [0.3, 0.4) is 0 Å². The van der Waals surface area contributed by atoms with Crippen molar-refractivity contribution in [3.05, 3.63) is 95.1 Å². The summed E-state index contributed by atoms with van der Waals surface area (Å²) in [5.41, 5.74) is -0.110. The molecule has 0 atom stereocenters. The van der Waals surface area contributed by atoms with E-state index in [0.717, 1.165) is 0 Å². The molecule has 3 rings (SSSR count). The molecule has 0 N–H and O–H groups in total. The lowest BCUT2D eigenvalue weighted by molar-refractivity contribution is 0.103. The Balaban J connectivity index is 2.01. The van der Waals surface area contributed by atoms with Gasteiger partial charge in [-0.2, -0.15) is 0 Å². The Labute approximate surface area is 135 Å². The fourth-order valence-electron chi connectivity index (χ4n) is 2.37. The second kappa shape index (κ2) is 6.28. The highest BCUT2D eigenvalue weighted by molar-refractivity contribution is 6.09. The van der Waals surface area contributed by atoms with E-state index < -0.39 is 28.8 Å². The van der Waals surface area contributed by atoms with Gasteiger partial charge in [0, 0.05) is 17.2 Å². The second-order valence-corrected chi connectivity index (χ2v) is 5.12. The molecule has 0 radical (unpaired) electrons. The van der Waals surface area contributed by atoms with Crippen LogP contribution in [-0.4, -0.2) is 5.78 Å². The van der Waals surface area contributed by atoms with Gasteiger partial charge >= 0.3 is 0 Å². The van der Waals surface area contributed by atoms with Crippen LogP contribution in [0.5, 0.6) is 0 Å². The number of hydrogen-bond donors (Lipinski definition) is 0. The van der Waals surface area contributed by atoms with Crippen LogP contribution in [0.25, 0.3) is 11.1 Å². The molecule has 0 bridgehead atoms. The van der Waals surface area contributed by atoms with Crippen LogP contribution < -0.4 is 0 Å². The Hall–Kier alpha value is -2.95. The van der Waals surface area contributed by atoms with Gasteiger partial charge in [0.2, 0.25) is 0 Å². The van der Waals surface area contributed by atoms with Crippen molar-refractivity contribution in [2.45, 2.75) is 0 Å². The molecule has 0 aliphatic carbocycles. The van der Waals surface area contributed by atoms with E-state index in [1.165, 1.54) is 24.3 Å². The van der Waals surface area contributed by atoms with E-state index in [-0.39, 0.29) is 17.4 Å². The summed E-state index contributed by atoms with van der Waals surface area (Å²) in [6.45, 7) is 0. The molecule has 0 unspecified atom stereocenters. The Kier molecular flexibility index (Phi) is 4.16. The molecule has 24 heavy (non-hydrogen) atoms. The third-order valence-corrected chi connectivity index (χ3v) is 3.58. The van der Waals surface area contributed by atoms with Gasteiger partial charge in [-0.25, -0.2) is 17.6 Å². The fraction of sp³-hybridized carbons (Fsp3) is 0. The van der Waals surface area contributed by atoms with Crippen LogP contribution in [0, 0.1) is 23.3 Å². The number of carbonyl (C=O) groups excluding carboxylic acids is 1. The summed E-state index contributed by atoms with van der Waals surface area (Å²) in [5, 5.41) is 0. The Morgan fingerprint density at radius 2 is 1.17 bits per heavy atom. The zero-order chi connectivity index (χ0) is 17.3. The number of hydrogen-bond acceptors (Lipinski definition) is 1. The summed E-state index contributed by atoms with van der Waals surface area (Å²) in [6, 6.07) is 13.8. The second-order valence-electron chi connectivity index (χ2n) is 5.12. The summed E-state index contributed by atoms with van der Waals surface area (Å²) in [4.78, 5) is 12.3. The highest BCUT2D eigenvalue weighted by atomic mass is 19.2. The molecule has 0 amide bonds. The van der Waals surface area contributed by atoms with E-state index in [1.54, 1.807) is 30.3 Å². The van der Waals surface area contributed by atoms with Gasteiger partial charge < -0.3 is 0 Å². The van der Waals surface area contributed by atoms with Crippen molar-refractivity contribution in [3.63, 3.8) is 0 Å². The smallest absolute Gasteiger partial charge is 0.193 e. The molecule has 0 aromatic heterocycles. The third kappa shape index (κ3) is 2.80. The highest BCUT2D eigenvalue weighted by Gasteiger charge is 2.20. The maximum Gasteiger partial charge on any atom is 0.193 e. The van der Waals surface area contributed by atoms with Gasteiger partial charge in [-0.15, -0.1) is 0 Å². The van der Waals surface area contributed by atoms with Gasteiger partial charge in [0.05, 0.1) is 5.56 Å². The first-order valence-electron chi connectivity index (χ1n) is 7.02. The normalized spacial score (nSPS) is 10.7. The van der Waals surface area contributed by atoms with Crippen LogP contribution in [0.4, 0.5) is 17.6 Å². The fourth-order valence-corrected chi connectivity index (χ4v) is 2.37. The third-order valence-electron chi connectivity index (χ3n) is 3.58. The number of rotatable bonds is 3. The van der Waals surface area contributed by atoms with Gasteiger partial charge in [0.25, 0.3) is 0 Å². The predicted molar refractivity (Wildman–Crippen MR) is 81.6 cm³/mol. The average molecular weight is 330 g/mol. The highest BCUT2D eigenvalue weighted by Crippen LogP contribution is 2.30. The lowest BCUT2D eigenvalue weighted by atomic mass is 9.98. The van der Waals surface area contributed by atoms with Crippen molar-refractivity contribution in [2.75, 3.05) is 0 Å². The van der Waals surface area contributed by atoms with Gasteiger partial charge in [-0.3, -0.25) is 4.79 Å². The molecule has 0 spiro atoms. The Morgan fingerprint density at radius 3 is 1.71 bits per heavy atom. The summed E-state index contributed by atoms with van der Waals surface area (Å²) in [6.07, 6.45) is 0. The molecule has 5 heteroatoms. The molecule has 0 aliphatic heterocycles. The minimum Gasteiger partial charge on any atom is -0.289 e. The van der Waals surface area contributed by atoms with Crippen LogP contribution in [0.2, 0.25) is 0 Å². The monoisotopic (exact) mass is 330 g/mol. The summed E-state index contributed by atoms with van der Waals surface area (Å²) >= 11 is 0. The van der Waals surface area contributed by atoms with Crippen LogP contribution in [0.1, 0.15) is 15.9 Å². The summed E-state index contributed by atoms with van der Waals surface area (Å²) in [7, 11) is 0. The van der Waals surface area contributed by atoms with Crippen LogP contribution >= 0.6 is 0 Å². The van der Waals surface area contributed by atoms with E-state index in [0.29, 0.717) is 11.1 Å². The maximum atomic E-state index is 13.8. The van der Waals surface area contributed by atoms with Crippen molar-refractivity contribution in [1.29, 1.82) is 0 Å². The zero-order valence-electron chi connectivity index (χ0n) is 12.2. The minimum atomic E-state index is -1.48. The van der Waals surface area contributed by atoms with Crippen LogP contribution in [-0.2, 0) is 0 Å². The van der Waals surface area contributed by atoms with Gasteiger partial charge in [0.15, 0.2) is 29.1 Å². The molecule has 3 aromatic rings. The summed E-state index contributed by atoms with van der Waals surface area (Å²) < 4.78 is 54.2. The summed E-state index contributed by atoms with van der Waals surface area (Å²) in [5.74, 6) is -6.18. The zero-order valence-corrected chi connectivity index (χ0v) is 12.2. The number of halogens is 4. The van der Waals surface area contributed by atoms with Crippen molar-refractivity contribution >= 4 is 5.78 Å². The lowest BCUT2D eigenvalue weighted by Gasteiger charge is -2.08. The molecule has 0 saturated carbocycles. The van der Waals surface area contributed by atoms with E-state index >= 15 is 0 Å². The SMILES string of the molecule is O=C(c1ccccc1)c1ccc(-c2c(F)c(F)cc(F)c2F)cc1. The molecule has 0 aliphatic rings. The quantitative estimate of drug-likeness (QED) is 0.369. The van der Waals surface area contributed by atoms with Gasteiger partial charge in [-0.1, -0.05) is 54.6 Å². The molecule has 3 aromatic carbocycles. The number of benzene rings is 3. The largest absolute Gasteiger partial charge is 0.289 e. The molecule has 0 saturated heterocycles. The first kappa shape index (κ1) is 15.9. The number of carbonyl (C=O) groups is 1. The first-order chi connectivity index (χ1) is 11.5. The molecule has 1 nitrogen and oxygen atoms in total. The lowest BCUT2D eigenvalue weighted by Crippen LogP contribution is -2.02. The maximum absolute atomic E-state index is 13.8.